The van der Waals surface area contributed by atoms with Gasteiger partial charge in [-0.3, -0.25) is 15.1 Å². The summed E-state index contributed by atoms with van der Waals surface area (Å²) in [6.45, 7) is 1.75. The molecule has 1 N–H and O–H groups in total. The second kappa shape index (κ2) is 8.10. The number of hydrogen-bond acceptors (Lipinski definition) is 5. The third-order valence-electron chi connectivity index (χ3n) is 3.55. The Labute approximate surface area is 161 Å². The van der Waals surface area contributed by atoms with Crippen LogP contribution in [-0.4, -0.2) is 15.9 Å². The molecule has 2 heterocycles. The molecule has 0 saturated heterocycles. The van der Waals surface area contributed by atoms with Crippen molar-refractivity contribution < 1.29 is 18.0 Å². The van der Waals surface area contributed by atoms with E-state index in [2.05, 4.69) is 15.3 Å². The number of carbonyl (C=O) groups excluding carboxylic acids is 1. The summed E-state index contributed by atoms with van der Waals surface area (Å²) in [4.78, 5) is 20.4. The molecule has 4 nitrogen and oxygen atoms in total. The first-order chi connectivity index (χ1) is 12.8. The predicted octanol–water partition coefficient (Wildman–Crippen LogP) is 5.41. The zero-order valence-electron chi connectivity index (χ0n) is 14.1. The third kappa shape index (κ3) is 4.86. The van der Waals surface area contributed by atoms with Crippen molar-refractivity contribution in [1.29, 1.82) is 0 Å². The van der Waals surface area contributed by atoms with E-state index in [1.165, 1.54) is 41.4 Å². The molecular formula is C18H14F3N3OS2. The number of amides is 1. The molecule has 3 rings (SSSR count). The Morgan fingerprint density at radius 3 is 2.63 bits per heavy atom. The number of anilines is 1. The van der Waals surface area contributed by atoms with E-state index >= 15 is 0 Å². The summed E-state index contributed by atoms with van der Waals surface area (Å²) in [5.41, 5.74) is 0.495. The van der Waals surface area contributed by atoms with Crippen LogP contribution < -0.4 is 5.32 Å². The lowest BCUT2D eigenvalue weighted by Crippen LogP contribution is -2.13. The summed E-state index contributed by atoms with van der Waals surface area (Å²) >= 11 is 2.49. The van der Waals surface area contributed by atoms with Gasteiger partial charge in [0.15, 0.2) is 5.13 Å². The molecule has 0 spiro atoms. The minimum Gasteiger partial charge on any atom is -0.296 e. The van der Waals surface area contributed by atoms with Gasteiger partial charge >= 0.3 is 6.18 Å². The smallest absolute Gasteiger partial charge is 0.296 e. The van der Waals surface area contributed by atoms with Crippen LogP contribution in [0.25, 0.3) is 0 Å². The molecule has 0 bridgehead atoms. The Hall–Kier alpha value is -2.39. The number of benzene rings is 1. The van der Waals surface area contributed by atoms with Crippen LogP contribution in [0.2, 0.25) is 0 Å². The van der Waals surface area contributed by atoms with E-state index in [0.29, 0.717) is 10.8 Å². The van der Waals surface area contributed by atoms with Gasteiger partial charge in [-0.1, -0.05) is 35.6 Å². The van der Waals surface area contributed by atoms with Gasteiger partial charge in [-0.05, 0) is 30.7 Å². The molecule has 0 radical (unpaired) electrons. The quantitative estimate of drug-likeness (QED) is 0.573. The van der Waals surface area contributed by atoms with Crippen LogP contribution in [0.1, 0.15) is 27.3 Å². The Kier molecular flexibility index (Phi) is 5.81. The number of thioether (sulfide) groups is 1. The van der Waals surface area contributed by atoms with Gasteiger partial charge in [0, 0.05) is 11.9 Å². The average Bonchev–Trinajstić information content (AvgIpc) is 2.99. The molecule has 0 unspecified atom stereocenters. The highest BCUT2D eigenvalue weighted by molar-refractivity contribution is 8.00. The molecule has 0 fully saturated rings. The lowest BCUT2D eigenvalue weighted by atomic mass is 10.1. The standard InChI is InChI=1S/C18H14F3N3OS2/c1-11-16(26-10-12-6-2-3-7-13(12)18(19,20)21)27-17(23-11)24-15(25)14-8-4-5-9-22-14/h2-9H,10H2,1H3,(H,23,24,25). The Morgan fingerprint density at radius 2 is 1.93 bits per heavy atom. The number of nitrogens with one attached hydrogen (secondary N) is 1. The molecule has 1 amide bonds. The molecule has 0 aliphatic carbocycles. The molecule has 3 aromatic rings. The number of pyridine rings is 1. The van der Waals surface area contributed by atoms with E-state index in [-0.39, 0.29) is 22.9 Å². The van der Waals surface area contributed by atoms with E-state index < -0.39 is 11.7 Å². The van der Waals surface area contributed by atoms with Gasteiger partial charge in [-0.15, -0.1) is 11.8 Å². The number of nitrogens with zero attached hydrogens (tertiary/aromatic N) is 2. The summed E-state index contributed by atoms with van der Waals surface area (Å²) in [6.07, 6.45) is -2.87. The van der Waals surface area contributed by atoms with Crippen molar-refractivity contribution in [3.8, 4) is 0 Å². The molecule has 140 valence electrons. The minimum absolute atomic E-state index is 0.159. The fourth-order valence-electron chi connectivity index (χ4n) is 2.29. The minimum atomic E-state index is -4.39. The van der Waals surface area contributed by atoms with Crippen LogP contribution >= 0.6 is 23.1 Å². The Bertz CT molecular complexity index is 943. The number of aromatic nitrogens is 2. The second-order valence-electron chi connectivity index (χ2n) is 5.50. The first-order valence-electron chi connectivity index (χ1n) is 7.82. The number of halogens is 3. The zero-order chi connectivity index (χ0) is 19.4. The van der Waals surface area contributed by atoms with E-state index in [4.69, 9.17) is 0 Å². The van der Waals surface area contributed by atoms with Crippen molar-refractivity contribution in [2.75, 3.05) is 5.32 Å². The summed E-state index contributed by atoms with van der Waals surface area (Å²) < 4.78 is 40.0. The molecule has 9 heteroatoms. The van der Waals surface area contributed by atoms with Gasteiger partial charge in [0.05, 0.1) is 15.5 Å². The maximum absolute atomic E-state index is 13.1. The van der Waals surface area contributed by atoms with Gasteiger partial charge in [0.1, 0.15) is 5.69 Å². The van der Waals surface area contributed by atoms with Crippen LogP contribution in [0.4, 0.5) is 18.3 Å². The molecule has 1 aromatic carbocycles. The number of carbonyl (C=O) groups is 1. The van der Waals surface area contributed by atoms with Crippen LogP contribution in [0.3, 0.4) is 0 Å². The van der Waals surface area contributed by atoms with Crippen molar-refractivity contribution in [1.82, 2.24) is 9.97 Å². The molecule has 0 saturated carbocycles. The highest BCUT2D eigenvalue weighted by atomic mass is 32.2. The van der Waals surface area contributed by atoms with E-state index in [9.17, 15) is 18.0 Å². The lowest BCUT2D eigenvalue weighted by molar-refractivity contribution is -0.138. The topological polar surface area (TPSA) is 54.9 Å². The van der Waals surface area contributed by atoms with Crippen LogP contribution in [0.15, 0.2) is 52.9 Å². The fraction of sp³-hybridized carbons (Fsp3) is 0.167. The summed E-state index contributed by atoms with van der Waals surface area (Å²) in [6, 6.07) is 10.5. The third-order valence-corrected chi connectivity index (χ3v) is 6.04. The maximum atomic E-state index is 13.1. The summed E-state index contributed by atoms with van der Waals surface area (Å²) in [5, 5.41) is 3.05. The number of thiazole rings is 1. The predicted molar refractivity (Wildman–Crippen MR) is 100 cm³/mol. The SMILES string of the molecule is Cc1nc(NC(=O)c2ccccn2)sc1SCc1ccccc1C(F)(F)F. The summed E-state index contributed by atoms with van der Waals surface area (Å²) in [7, 11) is 0. The monoisotopic (exact) mass is 409 g/mol. The van der Waals surface area contributed by atoms with Crippen LogP contribution in [-0.2, 0) is 11.9 Å². The average molecular weight is 409 g/mol. The Balaban J connectivity index is 1.70. The fourth-order valence-corrected chi connectivity index (χ4v) is 4.43. The van der Waals surface area contributed by atoms with E-state index in [1.54, 1.807) is 31.2 Å². The van der Waals surface area contributed by atoms with Crippen molar-refractivity contribution in [2.24, 2.45) is 0 Å². The van der Waals surface area contributed by atoms with Crippen LogP contribution in [0.5, 0.6) is 0 Å². The van der Waals surface area contributed by atoms with Crippen molar-refractivity contribution in [2.45, 2.75) is 23.1 Å². The lowest BCUT2D eigenvalue weighted by Gasteiger charge is -2.11. The molecular weight excluding hydrogens is 395 g/mol. The largest absolute Gasteiger partial charge is 0.416 e. The first kappa shape index (κ1) is 19.4. The van der Waals surface area contributed by atoms with Gasteiger partial charge in [0.2, 0.25) is 0 Å². The molecule has 2 aromatic heterocycles. The van der Waals surface area contributed by atoms with Crippen molar-refractivity contribution in [3.05, 3.63) is 71.2 Å². The number of alkyl halides is 3. The highest BCUT2D eigenvalue weighted by Gasteiger charge is 2.32. The van der Waals surface area contributed by atoms with E-state index in [0.717, 1.165) is 10.3 Å². The molecule has 27 heavy (non-hydrogen) atoms. The van der Waals surface area contributed by atoms with Crippen molar-refractivity contribution >= 4 is 34.1 Å². The molecule has 0 aliphatic rings. The molecule has 0 aliphatic heterocycles. The highest BCUT2D eigenvalue weighted by Crippen LogP contribution is 2.38. The van der Waals surface area contributed by atoms with Gasteiger partial charge in [-0.2, -0.15) is 13.2 Å². The van der Waals surface area contributed by atoms with E-state index in [1.807, 2.05) is 0 Å². The summed E-state index contributed by atoms with van der Waals surface area (Å²) in [5.74, 6) is -0.227. The molecule has 0 atom stereocenters. The second-order valence-corrected chi connectivity index (χ2v) is 7.75. The number of aryl methyl sites for hydroxylation is 1. The normalized spacial score (nSPS) is 11.4. The van der Waals surface area contributed by atoms with Crippen LogP contribution in [0, 0.1) is 6.92 Å². The maximum Gasteiger partial charge on any atom is 0.416 e. The van der Waals surface area contributed by atoms with Gasteiger partial charge in [0.25, 0.3) is 5.91 Å². The zero-order valence-corrected chi connectivity index (χ0v) is 15.7. The Morgan fingerprint density at radius 1 is 1.19 bits per heavy atom. The van der Waals surface area contributed by atoms with Crippen molar-refractivity contribution in [3.63, 3.8) is 0 Å². The number of rotatable bonds is 5. The first-order valence-corrected chi connectivity index (χ1v) is 9.62. The van der Waals surface area contributed by atoms with Gasteiger partial charge < -0.3 is 0 Å². The van der Waals surface area contributed by atoms with Gasteiger partial charge in [-0.25, -0.2) is 4.98 Å². The number of hydrogen-bond donors (Lipinski definition) is 1.